The molecule has 29 heavy (non-hydrogen) atoms. The highest BCUT2D eigenvalue weighted by molar-refractivity contribution is 7.52. The molecule has 0 amide bonds. The van der Waals surface area contributed by atoms with Gasteiger partial charge in [-0.05, 0) is 12.1 Å². The van der Waals surface area contributed by atoms with Gasteiger partial charge in [0.1, 0.15) is 6.54 Å². The molecule has 0 radical (unpaired) electrons. The normalized spacial score (nSPS) is 14.6. The van der Waals surface area contributed by atoms with Crippen LogP contribution in [0.4, 0.5) is 0 Å². The summed E-state index contributed by atoms with van der Waals surface area (Å²) in [7, 11) is -3.09. The maximum atomic E-state index is 13.4. The lowest BCUT2D eigenvalue weighted by molar-refractivity contribution is -0.139. The third-order valence-corrected chi connectivity index (χ3v) is 7.47. The topological polar surface area (TPSA) is 73.9 Å². The lowest BCUT2D eigenvalue weighted by Gasteiger charge is -2.27. The van der Waals surface area contributed by atoms with Crippen LogP contribution >= 0.6 is 77.4 Å². The second kappa shape index (κ2) is 8.89. The average molecular weight is 540 g/mol. The van der Waals surface area contributed by atoms with Crippen LogP contribution in [0.5, 0.6) is 11.5 Å². The predicted octanol–water partition coefficient (Wildman–Crippen LogP) is 6.84. The number of rotatable bonds is 3. The van der Waals surface area contributed by atoms with E-state index in [9.17, 15) is 9.36 Å². The first-order valence-corrected chi connectivity index (χ1v) is 11.5. The van der Waals surface area contributed by atoms with Gasteiger partial charge in [-0.2, -0.15) is 5.09 Å². The molecule has 0 aliphatic carbocycles. The number of methoxy groups -OCH3 is 1. The van der Waals surface area contributed by atoms with Gasteiger partial charge >= 0.3 is 13.7 Å². The lowest BCUT2D eigenvalue weighted by Crippen LogP contribution is -2.27. The van der Waals surface area contributed by atoms with Crippen LogP contribution in [0.25, 0.3) is 0 Å². The summed E-state index contributed by atoms with van der Waals surface area (Å²) in [5.41, 5.74) is 0.572. The second-order valence-corrected chi connectivity index (χ2v) is 9.75. The van der Waals surface area contributed by atoms with Gasteiger partial charge in [0, 0.05) is 17.5 Å². The zero-order valence-corrected chi connectivity index (χ0v) is 19.8. The molecule has 156 valence electrons. The van der Waals surface area contributed by atoms with E-state index >= 15 is 0 Å². The van der Waals surface area contributed by atoms with Gasteiger partial charge in [0.25, 0.3) is 0 Å². The molecule has 0 unspecified atom stereocenters. The molecule has 3 rings (SSSR count). The van der Waals surface area contributed by atoms with Crippen molar-refractivity contribution in [2.45, 2.75) is 6.42 Å². The highest BCUT2D eigenvalue weighted by Gasteiger charge is 2.37. The first-order chi connectivity index (χ1) is 13.6. The van der Waals surface area contributed by atoms with E-state index in [0.29, 0.717) is 0 Å². The maximum Gasteiger partial charge on any atom is 0.513 e. The summed E-state index contributed by atoms with van der Waals surface area (Å²) < 4.78 is 29.1. The quantitative estimate of drug-likeness (QED) is 0.261. The molecule has 0 atom stereocenters. The number of benzene rings is 2. The molecule has 2 aromatic rings. The van der Waals surface area contributed by atoms with Crippen LogP contribution in [0.1, 0.15) is 11.1 Å². The number of esters is 1. The Morgan fingerprint density at radius 2 is 1.41 bits per heavy atom. The minimum absolute atomic E-state index is 0.0138. The van der Waals surface area contributed by atoms with Crippen molar-refractivity contribution in [3.8, 4) is 11.5 Å². The van der Waals surface area contributed by atoms with Gasteiger partial charge in [0.05, 0.1) is 37.2 Å². The van der Waals surface area contributed by atoms with Crippen LogP contribution in [0, 0.1) is 0 Å². The van der Waals surface area contributed by atoms with E-state index < -0.39 is 20.3 Å². The van der Waals surface area contributed by atoms with Crippen LogP contribution in [-0.4, -0.2) is 19.6 Å². The summed E-state index contributed by atoms with van der Waals surface area (Å²) in [6.45, 7) is -0.490. The number of fused-ring (bicyclic) bond motifs is 2. The first-order valence-electron chi connectivity index (χ1n) is 7.70. The number of nitrogens with one attached hydrogen (secondary N) is 1. The summed E-state index contributed by atoms with van der Waals surface area (Å²) in [5, 5.41) is 2.92. The van der Waals surface area contributed by atoms with Crippen molar-refractivity contribution in [3.05, 3.63) is 53.4 Å². The number of hydrogen-bond acceptors (Lipinski definition) is 5. The van der Waals surface area contributed by atoms with Crippen molar-refractivity contribution < 1.29 is 23.1 Å². The van der Waals surface area contributed by atoms with Crippen molar-refractivity contribution in [1.29, 1.82) is 0 Å². The summed E-state index contributed by atoms with van der Waals surface area (Å²) in [6.07, 6.45) is 0.0138. The fraction of sp³-hybridized carbons (Fsp3) is 0.188. The minimum Gasteiger partial charge on any atom is -0.468 e. The summed E-state index contributed by atoms with van der Waals surface area (Å²) >= 11 is 37.4. The third-order valence-electron chi connectivity index (χ3n) is 3.86. The Hall–Kier alpha value is -0.560. The van der Waals surface area contributed by atoms with Crippen molar-refractivity contribution in [2.24, 2.45) is 0 Å². The van der Waals surface area contributed by atoms with Gasteiger partial charge in [-0.25, -0.2) is 4.57 Å². The Balaban J connectivity index is 2.25. The predicted molar refractivity (Wildman–Crippen MR) is 115 cm³/mol. The molecule has 0 fully saturated rings. The Morgan fingerprint density at radius 1 is 0.966 bits per heavy atom. The first kappa shape index (κ1) is 23.1. The van der Waals surface area contributed by atoms with Gasteiger partial charge in [-0.15, -0.1) is 0 Å². The molecule has 0 aromatic heterocycles. The Labute approximate surface area is 195 Å². The average Bonchev–Trinajstić information content (AvgIpc) is 2.65. The fourth-order valence-electron chi connectivity index (χ4n) is 2.50. The molecular weight excluding hydrogens is 530 g/mol. The molecule has 6 nitrogen and oxygen atoms in total. The number of carbonyl (C=O) groups is 1. The van der Waals surface area contributed by atoms with Crippen LogP contribution in [0.2, 0.25) is 30.1 Å². The lowest BCUT2D eigenvalue weighted by atomic mass is 10.0. The van der Waals surface area contributed by atoms with Gasteiger partial charge in [-0.1, -0.05) is 69.6 Å². The molecule has 0 saturated carbocycles. The number of ether oxygens (including phenoxy) is 1. The molecule has 1 aliphatic rings. The minimum atomic E-state index is -4.26. The van der Waals surface area contributed by atoms with Crippen molar-refractivity contribution in [1.82, 2.24) is 5.09 Å². The zero-order chi connectivity index (χ0) is 21.5. The zero-order valence-electron chi connectivity index (χ0n) is 14.3. The summed E-state index contributed by atoms with van der Waals surface area (Å²) in [5.74, 6) is -0.824. The van der Waals surface area contributed by atoms with E-state index in [2.05, 4.69) is 9.82 Å². The van der Waals surface area contributed by atoms with Gasteiger partial charge in [-0.3, -0.25) is 4.79 Å². The molecule has 0 saturated heterocycles. The van der Waals surface area contributed by atoms with E-state index in [4.69, 9.17) is 78.7 Å². The van der Waals surface area contributed by atoms with Crippen molar-refractivity contribution in [2.75, 3.05) is 13.7 Å². The molecule has 1 heterocycles. The van der Waals surface area contributed by atoms with Gasteiger partial charge in [0.2, 0.25) is 0 Å². The Morgan fingerprint density at radius 3 is 1.83 bits per heavy atom. The van der Waals surface area contributed by atoms with Crippen LogP contribution in [0.15, 0.2) is 12.1 Å². The molecule has 0 bridgehead atoms. The van der Waals surface area contributed by atoms with E-state index in [1.165, 1.54) is 19.2 Å². The monoisotopic (exact) mass is 537 g/mol. The Bertz CT molecular complexity index is 994. The van der Waals surface area contributed by atoms with E-state index in [1.807, 2.05) is 0 Å². The number of carbonyl (C=O) groups excluding carboxylic acids is 1. The van der Waals surface area contributed by atoms with E-state index in [-0.39, 0.29) is 59.2 Å². The van der Waals surface area contributed by atoms with Crippen molar-refractivity contribution >= 4 is 83.3 Å². The highest BCUT2D eigenvalue weighted by atomic mass is 35.5. The van der Waals surface area contributed by atoms with Crippen molar-refractivity contribution in [3.63, 3.8) is 0 Å². The number of hydrogen-bond donors (Lipinski definition) is 1. The smallest absolute Gasteiger partial charge is 0.468 e. The maximum absolute atomic E-state index is 13.4. The van der Waals surface area contributed by atoms with E-state index in [1.54, 1.807) is 0 Å². The SMILES string of the molecule is COC(=O)CNP1(=O)Oc2c(Cl)cc(Cl)c(Cl)c2Cc2c(Cl)c(Cl)cc(Cl)c2O1. The Kier molecular flexibility index (Phi) is 7.09. The largest absolute Gasteiger partial charge is 0.513 e. The van der Waals surface area contributed by atoms with Crippen LogP contribution < -0.4 is 14.1 Å². The van der Waals surface area contributed by atoms with Crippen LogP contribution in [-0.2, 0) is 20.5 Å². The fourth-order valence-corrected chi connectivity index (χ4v) is 5.49. The standard InChI is InChI=1S/C16H10Cl6NO5P/c1-26-12(24)5-23-29(25)27-15-6(13(21)8(17)3-10(15)19)2-7-14(22)9(18)4-11(20)16(7)28-29/h3-4H,2,5H2,1H3,(H,23,25). The van der Waals surface area contributed by atoms with Gasteiger partial charge < -0.3 is 13.8 Å². The molecule has 2 aromatic carbocycles. The summed E-state index contributed by atoms with van der Waals surface area (Å²) in [6, 6.07) is 2.65. The van der Waals surface area contributed by atoms with Crippen LogP contribution in [0.3, 0.4) is 0 Å². The molecule has 1 N–H and O–H groups in total. The highest BCUT2D eigenvalue weighted by Crippen LogP contribution is 2.56. The van der Waals surface area contributed by atoms with Gasteiger partial charge in [0.15, 0.2) is 11.5 Å². The van der Waals surface area contributed by atoms with E-state index in [0.717, 1.165) is 0 Å². The molecule has 13 heteroatoms. The summed E-state index contributed by atoms with van der Waals surface area (Å²) in [4.78, 5) is 11.5. The second-order valence-electron chi connectivity index (χ2n) is 5.69. The third kappa shape index (κ3) is 4.70. The molecule has 0 spiro atoms. The molecular formula is C16H10Cl6NO5P. The molecule has 1 aliphatic heterocycles. The number of halogens is 6.